The smallest absolute Gasteiger partial charge is 0.254 e. The van der Waals surface area contributed by atoms with Crippen LogP contribution in [0.2, 0.25) is 0 Å². The van der Waals surface area contributed by atoms with E-state index in [9.17, 15) is 9.18 Å². The molecular weight excluding hydrogens is 301 g/mol. The van der Waals surface area contributed by atoms with E-state index >= 15 is 0 Å². The minimum atomic E-state index is -0.366. The number of halogens is 2. The van der Waals surface area contributed by atoms with Crippen molar-refractivity contribution in [2.24, 2.45) is 0 Å². The summed E-state index contributed by atoms with van der Waals surface area (Å²) in [5.41, 5.74) is 0.490. The summed E-state index contributed by atoms with van der Waals surface area (Å²) in [6.45, 7) is 4.99. The number of amides is 1. The van der Waals surface area contributed by atoms with Crippen LogP contribution >= 0.6 is 15.9 Å². The third-order valence-electron chi connectivity index (χ3n) is 3.04. The van der Waals surface area contributed by atoms with Crippen molar-refractivity contribution in [1.29, 1.82) is 0 Å². The summed E-state index contributed by atoms with van der Waals surface area (Å²) in [5.74, 6) is -0.451. The quantitative estimate of drug-likeness (QED) is 0.797. The van der Waals surface area contributed by atoms with E-state index in [-0.39, 0.29) is 23.9 Å². The van der Waals surface area contributed by atoms with Gasteiger partial charge in [0.15, 0.2) is 0 Å². The Morgan fingerprint density at radius 1 is 1.50 bits per heavy atom. The van der Waals surface area contributed by atoms with Gasteiger partial charge in [0.25, 0.3) is 5.91 Å². The maximum Gasteiger partial charge on any atom is 0.254 e. The van der Waals surface area contributed by atoms with Crippen LogP contribution in [0.25, 0.3) is 0 Å². The van der Waals surface area contributed by atoms with Crippen LogP contribution in [0.5, 0.6) is 0 Å². The Balaban J connectivity index is 2.21. The Morgan fingerprint density at radius 2 is 2.22 bits per heavy atom. The number of hydrogen-bond acceptors (Lipinski definition) is 2. The third-order valence-corrected chi connectivity index (χ3v) is 3.64. The van der Waals surface area contributed by atoms with Crippen LogP contribution in [0.4, 0.5) is 4.39 Å². The topological polar surface area (TPSA) is 29.5 Å². The van der Waals surface area contributed by atoms with Crippen LogP contribution < -0.4 is 0 Å². The molecule has 1 amide bonds. The highest BCUT2D eigenvalue weighted by Crippen LogP contribution is 2.20. The molecule has 18 heavy (non-hydrogen) atoms. The number of hydrogen-bond donors (Lipinski definition) is 0. The molecule has 0 aromatic heterocycles. The molecule has 0 saturated carbocycles. The summed E-state index contributed by atoms with van der Waals surface area (Å²) < 4.78 is 18.9. The highest BCUT2D eigenvalue weighted by atomic mass is 79.9. The van der Waals surface area contributed by atoms with Crippen molar-refractivity contribution in [3.05, 3.63) is 34.1 Å². The maximum absolute atomic E-state index is 13.2. The first kappa shape index (κ1) is 13.5. The van der Waals surface area contributed by atoms with Crippen molar-refractivity contribution in [3.8, 4) is 0 Å². The van der Waals surface area contributed by atoms with Gasteiger partial charge in [-0.05, 0) is 48.0 Å². The van der Waals surface area contributed by atoms with Crippen molar-refractivity contribution >= 4 is 21.8 Å². The summed E-state index contributed by atoms with van der Waals surface area (Å²) in [7, 11) is 0. The molecule has 1 aliphatic heterocycles. The van der Waals surface area contributed by atoms with E-state index in [1.165, 1.54) is 18.2 Å². The first-order chi connectivity index (χ1) is 8.49. The Morgan fingerprint density at radius 3 is 2.89 bits per heavy atom. The number of carbonyl (C=O) groups excluding carboxylic acids is 1. The van der Waals surface area contributed by atoms with Crippen molar-refractivity contribution in [1.82, 2.24) is 4.90 Å². The molecule has 1 aromatic rings. The number of ether oxygens (including phenoxy) is 1. The Labute approximate surface area is 114 Å². The SMILES string of the molecule is CC1CN(C(=O)c2ccc(F)c(Br)c2)C(C)CO1. The number of nitrogens with zero attached hydrogens (tertiary/aromatic N) is 1. The monoisotopic (exact) mass is 315 g/mol. The van der Waals surface area contributed by atoms with E-state index in [0.29, 0.717) is 23.2 Å². The van der Waals surface area contributed by atoms with Gasteiger partial charge in [-0.15, -0.1) is 0 Å². The van der Waals surface area contributed by atoms with Crippen molar-refractivity contribution in [2.75, 3.05) is 13.2 Å². The zero-order chi connectivity index (χ0) is 13.3. The van der Waals surface area contributed by atoms with Gasteiger partial charge in [0.2, 0.25) is 0 Å². The zero-order valence-corrected chi connectivity index (χ0v) is 11.9. The molecule has 2 rings (SSSR count). The zero-order valence-electron chi connectivity index (χ0n) is 10.3. The lowest BCUT2D eigenvalue weighted by atomic mass is 10.1. The fourth-order valence-electron chi connectivity index (χ4n) is 1.98. The Hall–Kier alpha value is -0.940. The highest BCUT2D eigenvalue weighted by Gasteiger charge is 2.28. The summed E-state index contributed by atoms with van der Waals surface area (Å²) in [6.07, 6.45) is 0.0361. The fourth-order valence-corrected chi connectivity index (χ4v) is 2.36. The number of rotatable bonds is 1. The molecule has 98 valence electrons. The Kier molecular flexibility index (Phi) is 4.02. The minimum absolute atomic E-state index is 0.0361. The average Bonchev–Trinajstić information content (AvgIpc) is 2.35. The summed E-state index contributed by atoms with van der Waals surface area (Å²) in [5, 5.41) is 0. The molecule has 3 nitrogen and oxygen atoms in total. The molecule has 0 N–H and O–H groups in total. The van der Waals surface area contributed by atoms with E-state index in [0.717, 1.165) is 0 Å². The van der Waals surface area contributed by atoms with Crippen LogP contribution in [0.3, 0.4) is 0 Å². The molecule has 1 saturated heterocycles. The second-order valence-electron chi connectivity index (χ2n) is 4.58. The predicted molar refractivity (Wildman–Crippen MR) is 70.0 cm³/mol. The number of carbonyl (C=O) groups is 1. The molecule has 1 aromatic carbocycles. The second kappa shape index (κ2) is 5.36. The van der Waals surface area contributed by atoms with Gasteiger partial charge in [-0.2, -0.15) is 0 Å². The molecule has 5 heteroatoms. The standard InChI is InChI=1S/C13H15BrFNO2/c1-8-7-18-9(2)6-16(8)13(17)10-3-4-12(15)11(14)5-10/h3-5,8-9H,6-7H2,1-2H3. The van der Waals surface area contributed by atoms with Gasteiger partial charge >= 0.3 is 0 Å². The van der Waals surface area contributed by atoms with Crippen LogP contribution in [-0.4, -0.2) is 36.1 Å². The minimum Gasteiger partial charge on any atom is -0.375 e. The van der Waals surface area contributed by atoms with E-state index in [2.05, 4.69) is 15.9 Å². The molecule has 0 bridgehead atoms. The molecule has 1 fully saturated rings. The predicted octanol–water partition coefficient (Wildman–Crippen LogP) is 2.84. The first-order valence-electron chi connectivity index (χ1n) is 5.86. The van der Waals surface area contributed by atoms with Crippen molar-refractivity contribution in [2.45, 2.75) is 26.0 Å². The van der Waals surface area contributed by atoms with Gasteiger partial charge in [0.05, 0.1) is 23.2 Å². The molecular formula is C13H15BrFNO2. The molecule has 1 heterocycles. The van der Waals surface area contributed by atoms with Gasteiger partial charge < -0.3 is 9.64 Å². The maximum atomic E-state index is 13.2. The second-order valence-corrected chi connectivity index (χ2v) is 5.43. The molecule has 2 unspecified atom stereocenters. The normalized spacial score (nSPS) is 24.1. The van der Waals surface area contributed by atoms with Gasteiger partial charge in [-0.3, -0.25) is 4.79 Å². The van der Waals surface area contributed by atoms with Crippen LogP contribution in [0.1, 0.15) is 24.2 Å². The van der Waals surface area contributed by atoms with Gasteiger partial charge in [0.1, 0.15) is 5.82 Å². The van der Waals surface area contributed by atoms with E-state index in [1.54, 1.807) is 4.90 Å². The van der Waals surface area contributed by atoms with E-state index in [4.69, 9.17) is 4.74 Å². The molecule has 0 spiro atoms. The lowest BCUT2D eigenvalue weighted by Crippen LogP contribution is -2.50. The Bertz CT molecular complexity index is 466. The summed E-state index contributed by atoms with van der Waals surface area (Å²) in [6, 6.07) is 4.36. The molecule has 0 radical (unpaired) electrons. The van der Waals surface area contributed by atoms with Crippen LogP contribution in [0.15, 0.2) is 22.7 Å². The largest absolute Gasteiger partial charge is 0.375 e. The van der Waals surface area contributed by atoms with Crippen LogP contribution in [0, 0.1) is 5.82 Å². The average molecular weight is 316 g/mol. The van der Waals surface area contributed by atoms with Gasteiger partial charge in [-0.1, -0.05) is 0 Å². The first-order valence-corrected chi connectivity index (χ1v) is 6.66. The van der Waals surface area contributed by atoms with Crippen molar-refractivity contribution < 1.29 is 13.9 Å². The van der Waals surface area contributed by atoms with Crippen LogP contribution in [-0.2, 0) is 4.74 Å². The molecule has 2 atom stereocenters. The highest BCUT2D eigenvalue weighted by molar-refractivity contribution is 9.10. The number of benzene rings is 1. The van der Waals surface area contributed by atoms with Crippen molar-refractivity contribution in [3.63, 3.8) is 0 Å². The summed E-state index contributed by atoms with van der Waals surface area (Å²) in [4.78, 5) is 14.1. The van der Waals surface area contributed by atoms with E-state index in [1.807, 2.05) is 13.8 Å². The molecule has 0 aliphatic carbocycles. The third kappa shape index (κ3) is 2.72. The van der Waals surface area contributed by atoms with E-state index < -0.39 is 0 Å². The lowest BCUT2D eigenvalue weighted by Gasteiger charge is -2.36. The van der Waals surface area contributed by atoms with Gasteiger partial charge in [-0.25, -0.2) is 4.39 Å². The summed E-state index contributed by atoms with van der Waals surface area (Å²) >= 11 is 3.09. The fraction of sp³-hybridized carbons (Fsp3) is 0.462. The molecule has 1 aliphatic rings. The van der Waals surface area contributed by atoms with Gasteiger partial charge in [0, 0.05) is 12.1 Å². The number of morpholine rings is 1. The lowest BCUT2D eigenvalue weighted by molar-refractivity contribution is -0.0387.